The molecule has 0 aromatic carbocycles. The van der Waals surface area contributed by atoms with E-state index in [0.29, 0.717) is 13.1 Å². The third-order valence-electron chi connectivity index (χ3n) is 2.74. The fraction of sp³-hybridized carbons (Fsp3) is 0.667. The Bertz CT molecular complexity index is 468. The number of hydrogen-bond acceptors (Lipinski definition) is 4. The first-order chi connectivity index (χ1) is 7.50. The number of hydrogen-bond donors (Lipinski definition) is 1. The minimum Gasteiger partial charge on any atom is -0.327 e. The first-order valence-electron chi connectivity index (χ1n) is 5.24. The van der Waals surface area contributed by atoms with E-state index in [1.165, 1.54) is 21.4 Å². The molecule has 0 saturated carbocycles. The molecule has 0 unspecified atom stereocenters. The van der Waals surface area contributed by atoms with E-state index >= 15 is 0 Å². The van der Waals surface area contributed by atoms with Gasteiger partial charge >= 0.3 is 0 Å². The molecule has 0 radical (unpaired) electrons. The lowest BCUT2D eigenvalue weighted by atomic mass is 10.1. The third kappa shape index (κ3) is 2.11. The van der Waals surface area contributed by atoms with Gasteiger partial charge in [0.25, 0.3) is 0 Å². The predicted octanol–water partition coefficient (Wildman–Crippen LogP) is -0.468. The van der Waals surface area contributed by atoms with Gasteiger partial charge < -0.3 is 5.73 Å². The van der Waals surface area contributed by atoms with E-state index in [9.17, 15) is 8.42 Å². The number of nitrogens with zero attached hydrogens (tertiary/aromatic N) is 3. The van der Waals surface area contributed by atoms with Gasteiger partial charge in [0.2, 0.25) is 10.0 Å². The van der Waals surface area contributed by atoms with Crippen LogP contribution in [-0.4, -0.2) is 41.6 Å². The second kappa shape index (κ2) is 4.15. The van der Waals surface area contributed by atoms with Crippen LogP contribution in [0.5, 0.6) is 0 Å². The van der Waals surface area contributed by atoms with Crippen molar-refractivity contribution >= 4 is 10.0 Å². The summed E-state index contributed by atoms with van der Waals surface area (Å²) in [5.41, 5.74) is 5.78. The van der Waals surface area contributed by atoms with Crippen molar-refractivity contribution in [3.05, 3.63) is 12.4 Å². The maximum Gasteiger partial charge on any atom is 0.246 e. The lowest BCUT2D eigenvalue weighted by molar-refractivity contribution is 0.316. The van der Waals surface area contributed by atoms with E-state index in [1.807, 2.05) is 0 Å². The molecule has 1 aliphatic heterocycles. The van der Waals surface area contributed by atoms with Gasteiger partial charge in [-0.3, -0.25) is 4.68 Å². The van der Waals surface area contributed by atoms with Gasteiger partial charge in [0, 0.05) is 32.4 Å². The van der Waals surface area contributed by atoms with Crippen molar-refractivity contribution in [1.82, 2.24) is 14.1 Å². The Morgan fingerprint density at radius 3 is 2.88 bits per heavy atom. The highest BCUT2D eigenvalue weighted by atomic mass is 32.2. The summed E-state index contributed by atoms with van der Waals surface area (Å²) in [6.07, 6.45) is 4.59. The minimum absolute atomic E-state index is 0.0554. The number of rotatable bonds is 2. The molecule has 1 aromatic heterocycles. The van der Waals surface area contributed by atoms with Crippen LogP contribution < -0.4 is 5.73 Å². The molecule has 0 spiro atoms. The zero-order valence-electron chi connectivity index (χ0n) is 9.20. The molecule has 2 N–H and O–H groups in total. The van der Waals surface area contributed by atoms with Crippen LogP contribution >= 0.6 is 0 Å². The van der Waals surface area contributed by atoms with Gasteiger partial charge in [-0.1, -0.05) is 0 Å². The normalized spacial score (nSPS) is 23.5. The monoisotopic (exact) mass is 244 g/mol. The van der Waals surface area contributed by atoms with Gasteiger partial charge in [-0.25, -0.2) is 8.42 Å². The predicted molar refractivity (Wildman–Crippen MR) is 59.2 cm³/mol. The first-order valence-corrected chi connectivity index (χ1v) is 6.68. The van der Waals surface area contributed by atoms with E-state index in [-0.39, 0.29) is 10.9 Å². The van der Waals surface area contributed by atoms with Crippen LogP contribution in [0.1, 0.15) is 12.8 Å². The quantitative estimate of drug-likeness (QED) is 0.762. The van der Waals surface area contributed by atoms with E-state index in [0.717, 1.165) is 12.8 Å². The van der Waals surface area contributed by atoms with Gasteiger partial charge in [0.1, 0.15) is 4.90 Å². The molecule has 1 atom stereocenters. The molecule has 16 heavy (non-hydrogen) atoms. The Morgan fingerprint density at radius 1 is 1.56 bits per heavy atom. The highest BCUT2D eigenvalue weighted by molar-refractivity contribution is 7.89. The summed E-state index contributed by atoms with van der Waals surface area (Å²) in [7, 11) is -1.71. The second-order valence-electron chi connectivity index (χ2n) is 4.12. The Balaban J connectivity index is 2.25. The SMILES string of the molecule is Cn1cc(S(=O)(=O)N2CCC[C@@H](N)C2)cn1. The molecule has 7 heteroatoms. The van der Waals surface area contributed by atoms with Crippen LogP contribution in [0.2, 0.25) is 0 Å². The van der Waals surface area contributed by atoms with E-state index in [2.05, 4.69) is 5.10 Å². The number of aromatic nitrogens is 2. The minimum atomic E-state index is -3.40. The van der Waals surface area contributed by atoms with Crippen molar-refractivity contribution in [3.63, 3.8) is 0 Å². The van der Waals surface area contributed by atoms with Crippen molar-refractivity contribution in [2.75, 3.05) is 13.1 Å². The van der Waals surface area contributed by atoms with Crippen LogP contribution in [0.15, 0.2) is 17.3 Å². The van der Waals surface area contributed by atoms with Crippen LogP contribution in [0, 0.1) is 0 Å². The number of sulfonamides is 1. The molecule has 1 aliphatic rings. The van der Waals surface area contributed by atoms with Crippen molar-refractivity contribution in [3.8, 4) is 0 Å². The summed E-state index contributed by atoms with van der Waals surface area (Å²) >= 11 is 0. The lowest BCUT2D eigenvalue weighted by Crippen LogP contribution is -2.45. The summed E-state index contributed by atoms with van der Waals surface area (Å²) in [5, 5.41) is 3.88. The van der Waals surface area contributed by atoms with Gasteiger partial charge in [0.15, 0.2) is 0 Å². The van der Waals surface area contributed by atoms with Crippen LogP contribution in [0.4, 0.5) is 0 Å². The summed E-state index contributed by atoms with van der Waals surface area (Å²) in [5.74, 6) is 0. The third-order valence-corrected chi connectivity index (χ3v) is 4.56. The van der Waals surface area contributed by atoms with Crippen LogP contribution in [0.25, 0.3) is 0 Å². The van der Waals surface area contributed by atoms with Crippen molar-refractivity contribution in [2.24, 2.45) is 12.8 Å². The van der Waals surface area contributed by atoms with Gasteiger partial charge in [-0.2, -0.15) is 9.40 Å². The van der Waals surface area contributed by atoms with Gasteiger partial charge in [-0.15, -0.1) is 0 Å². The molecule has 2 rings (SSSR count). The summed E-state index contributed by atoms with van der Waals surface area (Å²) in [6.45, 7) is 0.947. The molecule has 1 aromatic rings. The Morgan fingerprint density at radius 2 is 2.31 bits per heavy atom. The Labute approximate surface area is 95.1 Å². The summed E-state index contributed by atoms with van der Waals surface area (Å²) in [6, 6.07) is -0.0554. The maximum atomic E-state index is 12.2. The molecule has 1 fully saturated rings. The summed E-state index contributed by atoms with van der Waals surface area (Å²) < 4.78 is 27.3. The molecule has 0 bridgehead atoms. The Hall–Kier alpha value is -0.920. The van der Waals surface area contributed by atoms with E-state index < -0.39 is 10.0 Å². The molecule has 2 heterocycles. The smallest absolute Gasteiger partial charge is 0.246 e. The zero-order valence-corrected chi connectivity index (χ0v) is 10.0. The number of nitrogens with two attached hydrogens (primary N) is 1. The van der Waals surface area contributed by atoms with Crippen molar-refractivity contribution in [1.29, 1.82) is 0 Å². The Kier molecular flexibility index (Phi) is 3.00. The topological polar surface area (TPSA) is 81.2 Å². The number of piperidine rings is 1. The standard InChI is InChI=1S/C9H16N4O2S/c1-12-7-9(5-11-12)16(14,15)13-4-2-3-8(10)6-13/h5,7-8H,2-4,6,10H2,1H3/t8-/m1/s1. The average molecular weight is 244 g/mol. The fourth-order valence-corrected chi connectivity index (χ4v) is 3.39. The molecule has 0 amide bonds. The van der Waals surface area contributed by atoms with Gasteiger partial charge in [-0.05, 0) is 12.8 Å². The summed E-state index contributed by atoms with van der Waals surface area (Å²) in [4.78, 5) is 0.240. The molecule has 1 saturated heterocycles. The highest BCUT2D eigenvalue weighted by Crippen LogP contribution is 2.19. The fourth-order valence-electron chi connectivity index (χ4n) is 1.87. The lowest BCUT2D eigenvalue weighted by Gasteiger charge is -2.29. The van der Waals surface area contributed by atoms with E-state index in [4.69, 9.17) is 5.73 Å². The van der Waals surface area contributed by atoms with Crippen molar-refractivity contribution in [2.45, 2.75) is 23.8 Å². The molecular weight excluding hydrogens is 228 g/mol. The first kappa shape index (κ1) is 11.6. The van der Waals surface area contributed by atoms with E-state index in [1.54, 1.807) is 7.05 Å². The second-order valence-corrected chi connectivity index (χ2v) is 6.05. The molecule has 0 aliphatic carbocycles. The molecular formula is C9H16N4O2S. The average Bonchev–Trinajstić information content (AvgIpc) is 2.65. The maximum absolute atomic E-state index is 12.2. The van der Waals surface area contributed by atoms with Gasteiger partial charge in [0.05, 0.1) is 6.20 Å². The molecule has 6 nitrogen and oxygen atoms in total. The largest absolute Gasteiger partial charge is 0.327 e. The number of aryl methyl sites for hydroxylation is 1. The van der Waals surface area contributed by atoms with Crippen molar-refractivity contribution < 1.29 is 8.42 Å². The van der Waals surface area contributed by atoms with Crippen LogP contribution in [-0.2, 0) is 17.1 Å². The van der Waals surface area contributed by atoms with Crippen LogP contribution in [0.3, 0.4) is 0 Å². The molecule has 90 valence electrons. The highest BCUT2D eigenvalue weighted by Gasteiger charge is 2.29. The zero-order chi connectivity index (χ0) is 11.8.